The Hall–Kier alpha value is -9.28. The summed E-state index contributed by atoms with van der Waals surface area (Å²) in [6.45, 7) is 37.5. The van der Waals surface area contributed by atoms with Crippen LogP contribution in [0.25, 0.3) is 0 Å². The molecule has 4 saturated heterocycles. The molecule has 2 aromatic heterocycles. The molecule has 3 N–H and O–H groups in total. The molecule has 12 rings (SSSR count). The second-order valence-corrected chi connectivity index (χ2v) is 31.0. The van der Waals surface area contributed by atoms with Crippen molar-refractivity contribution in [1.29, 1.82) is 10.5 Å². The normalized spacial score (nSPS) is 21.0. The van der Waals surface area contributed by atoms with Gasteiger partial charge in [-0.3, -0.25) is 14.5 Å². The van der Waals surface area contributed by atoms with Crippen molar-refractivity contribution in [3.05, 3.63) is 165 Å². The van der Waals surface area contributed by atoms with E-state index in [1.54, 1.807) is 24.5 Å². The predicted octanol–water partition coefficient (Wildman–Crippen LogP) is 11.9. The molecule has 21 nitrogen and oxygen atoms in total. The summed E-state index contributed by atoms with van der Waals surface area (Å²) >= 11 is 0. The number of anilines is 4. The molecule has 4 aromatic carbocycles. The zero-order chi connectivity index (χ0) is 74.1. The zero-order valence-corrected chi connectivity index (χ0v) is 63.9. The molecule has 4 aliphatic heterocycles. The summed E-state index contributed by atoms with van der Waals surface area (Å²) in [5.74, 6) is 2.34. The minimum absolute atomic E-state index is 0. The molecule has 6 aromatic rings. The minimum atomic E-state index is -0.396. The Morgan fingerprint density at radius 3 is 1.32 bits per heavy atom. The Bertz CT molecular complexity index is 3990. The number of carbonyl (C=O) groups is 5. The number of aryl methyl sites for hydroxylation is 4. The molecule has 2 aliphatic carbocycles. The van der Waals surface area contributed by atoms with E-state index in [0.29, 0.717) is 39.4 Å². The summed E-state index contributed by atoms with van der Waals surface area (Å²) in [6, 6.07) is 35.2. The highest BCUT2D eigenvalue weighted by atomic mass is 35.5. The number of nitrogens with one attached hydrogen (secondary N) is 3. The van der Waals surface area contributed by atoms with E-state index in [1.165, 1.54) is 14.2 Å². The average molecular weight is 1440 g/mol. The molecule has 2 amide bonds. The van der Waals surface area contributed by atoms with Crippen molar-refractivity contribution in [1.82, 2.24) is 30.8 Å². The van der Waals surface area contributed by atoms with Crippen LogP contribution in [-0.2, 0) is 14.3 Å². The van der Waals surface area contributed by atoms with Gasteiger partial charge in [0.1, 0.15) is 41.5 Å². The van der Waals surface area contributed by atoms with Gasteiger partial charge in [-0.15, -0.1) is 12.4 Å². The van der Waals surface area contributed by atoms with Gasteiger partial charge < -0.3 is 59.3 Å². The maximum Gasteiger partial charge on any atom is 0.356 e. The van der Waals surface area contributed by atoms with E-state index >= 15 is 0 Å². The third-order valence-corrected chi connectivity index (χ3v) is 22.3. The molecule has 6 fully saturated rings. The van der Waals surface area contributed by atoms with Gasteiger partial charge >= 0.3 is 11.9 Å². The lowest BCUT2D eigenvalue weighted by Gasteiger charge is -2.63. The van der Waals surface area contributed by atoms with E-state index < -0.39 is 5.97 Å². The van der Waals surface area contributed by atoms with Crippen LogP contribution in [-0.4, -0.2) is 169 Å². The molecule has 6 aliphatic rings. The number of ether oxygens (including phenoxy) is 4. The van der Waals surface area contributed by atoms with E-state index in [-0.39, 0.29) is 82.1 Å². The van der Waals surface area contributed by atoms with Crippen LogP contribution in [0, 0.1) is 83.9 Å². The number of methoxy groups -OCH3 is 2. The minimum Gasteiger partial charge on any atom is -0.489 e. The van der Waals surface area contributed by atoms with Crippen molar-refractivity contribution < 1.29 is 42.9 Å². The summed E-state index contributed by atoms with van der Waals surface area (Å²) in [7, 11) is 2.74. The molecule has 0 bridgehead atoms. The third-order valence-electron chi connectivity index (χ3n) is 22.3. The number of rotatable bonds is 17. The first-order chi connectivity index (χ1) is 49.1. The van der Waals surface area contributed by atoms with Crippen LogP contribution < -0.4 is 45.0 Å². The highest BCUT2D eigenvalue weighted by molar-refractivity contribution is 5.96. The topological polar surface area (TPSA) is 248 Å². The van der Waals surface area contributed by atoms with Gasteiger partial charge in [0.05, 0.1) is 54.9 Å². The molecule has 0 spiro atoms. The number of esters is 2. The maximum absolute atomic E-state index is 13.5. The SMILES string of the molecule is COC(=O)c1ccc(N2CCN(CC3CCN(c4ccc(C(=O)NC5C(C)(C)C(Oc6cc(C)c(C#N)c(C)c6)C5(C)C)cc4)CC3)CC2)nc1.COC(=O)c1ccc(N2CCNCC2)cn1.Cc1cc(OC2C(C)(C)C(NC(=O)c3ccc(N4CCC(C=O)CC4)cc3)C2(C)C)cc(C)c1C#N.Cl. The molecule has 22 heteroatoms. The van der Waals surface area contributed by atoms with Crippen LogP contribution in [0.5, 0.6) is 11.5 Å². The van der Waals surface area contributed by atoms with Crippen molar-refractivity contribution in [2.24, 2.45) is 33.5 Å². The molecule has 104 heavy (non-hydrogen) atoms. The smallest absolute Gasteiger partial charge is 0.356 e. The number of nitriles is 2. The van der Waals surface area contributed by atoms with E-state index in [2.05, 4.69) is 135 Å². The number of nitrogens with zero attached hydrogens (tertiary/aromatic N) is 9. The number of piperidine rings is 2. The first kappa shape index (κ1) is 78.8. The quantitative estimate of drug-likeness (QED) is 0.0567. The van der Waals surface area contributed by atoms with E-state index in [0.717, 1.165) is 174 Å². The standard InChI is InChI=1S/C41H52N6O4.C30H37N3O3.C11H15N3O2.ClH/c1-27-22-33(23-28(2)34(27)24-42)51-39-40(3,4)38(41(39,5)6)44-36(48)30-8-11-32(12-9-30)46-16-14-29(15-17-46)26-45-18-20-47(21-19-45)35-13-10-31(25-43-35)37(49)50-7;1-19-15-24(16-20(2)25(19)17-31)36-28-29(3,4)27(30(28,5)6)32-26(35)22-7-9-23(10-8-22)33-13-11-21(18-34)12-14-33;1-16-11(15)10-3-2-9(8-13-10)14-6-4-12-5-7-14;/h8-13,22-23,25,29,38-39H,14-21,26H2,1-7H3,(H,44,48);7-10,15-16,18,21,27-28H,11-14H2,1-6H3,(H,32,35);2-3,8,12H,4-7H2,1H3;1H. The van der Waals surface area contributed by atoms with Gasteiger partial charge in [0.2, 0.25) is 0 Å². The number of hydrogen-bond donors (Lipinski definition) is 3. The lowest BCUT2D eigenvalue weighted by Crippen LogP contribution is -2.74. The Morgan fingerprint density at radius 2 is 0.933 bits per heavy atom. The Labute approximate surface area is 620 Å². The van der Waals surface area contributed by atoms with Gasteiger partial charge in [0.25, 0.3) is 11.8 Å². The fourth-order valence-electron chi connectivity index (χ4n) is 17.0. The molecule has 6 heterocycles. The van der Waals surface area contributed by atoms with Crippen LogP contribution in [0.15, 0.2) is 109 Å². The number of carbonyl (C=O) groups excluding carboxylic acids is 5. The van der Waals surface area contributed by atoms with Crippen molar-refractivity contribution in [2.75, 3.05) is 119 Å². The van der Waals surface area contributed by atoms with Gasteiger partial charge in [-0.05, 0) is 179 Å². The second-order valence-electron chi connectivity index (χ2n) is 31.0. The van der Waals surface area contributed by atoms with Crippen LogP contribution in [0.1, 0.15) is 156 Å². The van der Waals surface area contributed by atoms with Crippen LogP contribution in [0.4, 0.5) is 22.9 Å². The molecular weight excluding hydrogens is 1330 g/mol. The van der Waals surface area contributed by atoms with Gasteiger partial charge in [-0.2, -0.15) is 10.5 Å². The van der Waals surface area contributed by atoms with Crippen molar-refractivity contribution >= 4 is 65.3 Å². The molecule has 0 atom stereocenters. The monoisotopic (exact) mass is 1440 g/mol. The third kappa shape index (κ3) is 17.6. The lowest BCUT2D eigenvalue weighted by atomic mass is 9.49. The van der Waals surface area contributed by atoms with E-state index in [4.69, 9.17) is 14.2 Å². The number of pyridine rings is 2. The summed E-state index contributed by atoms with van der Waals surface area (Å²) in [6.07, 6.45) is 8.23. The van der Waals surface area contributed by atoms with Gasteiger partial charge in [0, 0.05) is 153 Å². The summed E-state index contributed by atoms with van der Waals surface area (Å²) in [5.41, 5.74) is 9.29. The number of amides is 2. The number of halogens is 1. The largest absolute Gasteiger partial charge is 0.489 e. The molecule has 2 saturated carbocycles. The second kappa shape index (κ2) is 33.7. The molecular formula is C82H105ClN12O9. The van der Waals surface area contributed by atoms with Gasteiger partial charge in [0.15, 0.2) is 0 Å². The summed E-state index contributed by atoms with van der Waals surface area (Å²) in [4.78, 5) is 81.0. The van der Waals surface area contributed by atoms with Crippen molar-refractivity contribution in [3.63, 3.8) is 0 Å². The average Bonchev–Trinajstić information content (AvgIpc) is 0.713. The number of aldehydes is 1. The first-order valence-electron chi connectivity index (χ1n) is 36.3. The highest BCUT2D eigenvalue weighted by Crippen LogP contribution is 2.57. The van der Waals surface area contributed by atoms with Crippen LogP contribution in [0.2, 0.25) is 0 Å². The first-order valence-corrected chi connectivity index (χ1v) is 36.3. The Kier molecular flexibility index (Phi) is 25.5. The Balaban J connectivity index is 0.000000204. The summed E-state index contributed by atoms with van der Waals surface area (Å²) in [5, 5.41) is 28.7. The van der Waals surface area contributed by atoms with Crippen molar-refractivity contribution in [3.8, 4) is 23.6 Å². The summed E-state index contributed by atoms with van der Waals surface area (Å²) < 4.78 is 22.4. The number of piperazine rings is 2. The fourth-order valence-corrected chi connectivity index (χ4v) is 17.0. The van der Waals surface area contributed by atoms with Crippen molar-refractivity contribution in [2.45, 2.75) is 133 Å². The van der Waals surface area contributed by atoms with E-state index in [1.807, 2.05) is 100 Å². The molecule has 554 valence electrons. The highest BCUT2D eigenvalue weighted by Gasteiger charge is 2.65. The maximum atomic E-state index is 13.5. The molecule has 0 radical (unpaired) electrons. The molecule has 0 unspecified atom stereocenters. The fraction of sp³-hybridized carbons (Fsp3) is 0.500. The van der Waals surface area contributed by atoms with Crippen LogP contribution >= 0.6 is 12.4 Å². The number of hydrogen-bond acceptors (Lipinski definition) is 19. The van der Waals surface area contributed by atoms with Gasteiger partial charge in [-0.1, -0.05) is 55.4 Å². The number of benzene rings is 4. The Morgan fingerprint density at radius 1 is 0.519 bits per heavy atom. The lowest BCUT2D eigenvalue weighted by molar-refractivity contribution is -0.164. The van der Waals surface area contributed by atoms with Gasteiger partial charge in [-0.25, -0.2) is 19.6 Å². The van der Waals surface area contributed by atoms with E-state index in [9.17, 15) is 34.5 Å². The number of aromatic nitrogens is 2. The van der Waals surface area contributed by atoms with Crippen LogP contribution in [0.3, 0.4) is 0 Å². The predicted molar refractivity (Wildman–Crippen MR) is 409 cm³/mol. The zero-order valence-electron chi connectivity index (χ0n) is 63.1.